The Bertz CT molecular complexity index is 1370. The van der Waals surface area contributed by atoms with Gasteiger partial charge in [0.05, 0.1) is 116 Å². The van der Waals surface area contributed by atoms with Gasteiger partial charge in [-0.3, -0.25) is 14.4 Å². The molecule has 3 saturated heterocycles. The van der Waals surface area contributed by atoms with Crippen LogP contribution < -0.4 is 0 Å². The van der Waals surface area contributed by atoms with Crippen LogP contribution in [0.1, 0.15) is 39.0 Å². The molecule has 21 N–H and O–H groups in total. The maximum Gasteiger partial charge on any atom is 0.373 e. The maximum absolute atomic E-state index is 10.2. The molecule has 74 heavy (non-hydrogen) atoms. The molecule has 4 rings (SSSR count). The quantitative estimate of drug-likeness (QED) is 0.0297. The van der Waals surface area contributed by atoms with Crippen molar-refractivity contribution in [2.45, 2.75) is 63.4 Å². The molecule has 0 amide bonds. The van der Waals surface area contributed by atoms with E-state index in [2.05, 4.69) is 6.92 Å². The molecule has 0 radical (unpaired) electrons. The van der Waals surface area contributed by atoms with Crippen molar-refractivity contribution in [2.75, 3.05) is 132 Å². The van der Waals surface area contributed by atoms with Crippen molar-refractivity contribution >= 4 is 24.1 Å². The van der Waals surface area contributed by atoms with E-state index in [4.69, 9.17) is 74.9 Å². The third-order valence-corrected chi connectivity index (χ3v) is 13.7. The number of carboxylic acids is 3. The fourth-order valence-electron chi connectivity index (χ4n) is 8.19. The van der Waals surface area contributed by atoms with Gasteiger partial charge in [0.15, 0.2) is 0 Å². The van der Waals surface area contributed by atoms with E-state index >= 15 is 0 Å². The fourth-order valence-corrected chi connectivity index (χ4v) is 8.19. The van der Waals surface area contributed by atoms with E-state index in [1.54, 1.807) is 0 Å². The van der Waals surface area contributed by atoms with Gasteiger partial charge < -0.3 is 121 Å². The van der Waals surface area contributed by atoms with Crippen LogP contribution in [0.4, 0.5) is 0 Å². The van der Waals surface area contributed by atoms with Crippen LogP contribution in [0.5, 0.6) is 0 Å². The van der Waals surface area contributed by atoms with E-state index in [0.29, 0.717) is 24.4 Å². The lowest BCUT2D eigenvalue weighted by atomic mass is 9.54. The number of aliphatic hydroxyl groups is 18. The molecule has 0 bridgehead atoms. The molecule has 4 aliphatic rings. The third kappa shape index (κ3) is 25.4. The first kappa shape index (κ1) is 75.2. The number of carbonyl (C=O) groups excluding carboxylic acids is 2. The molecule has 1 aliphatic carbocycles. The van der Waals surface area contributed by atoms with Crippen molar-refractivity contribution in [3.05, 3.63) is 0 Å². The van der Waals surface area contributed by atoms with Crippen LogP contribution in [-0.4, -0.2) is 288 Å². The van der Waals surface area contributed by atoms with Crippen molar-refractivity contribution in [1.29, 1.82) is 0 Å². The number of ether oxygens (including phenoxy) is 3. The van der Waals surface area contributed by atoms with E-state index in [9.17, 15) is 70.6 Å². The molecule has 29 heteroatoms. The maximum atomic E-state index is 10.2. The van der Waals surface area contributed by atoms with Crippen LogP contribution in [0, 0.1) is 63.6 Å². The number of hydrogen-bond donors (Lipinski definition) is 21. The smallest absolute Gasteiger partial charge is 0.373 e. The third-order valence-electron chi connectivity index (χ3n) is 13.7. The molecular weight excluding hydrogens is 1000 g/mol. The largest absolute Gasteiger partial charge is 0.481 e. The van der Waals surface area contributed by atoms with Gasteiger partial charge in [0.2, 0.25) is 0 Å². The zero-order valence-corrected chi connectivity index (χ0v) is 41.8. The summed E-state index contributed by atoms with van der Waals surface area (Å²) in [6.07, 6.45) is 5.29. The second-order valence-electron chi connectivity index (χ2n) is 18.2. The van der Waals surface area contributed by atoms with Gasteiger partial charge in [-0.15, -0.1) is 0 Å². The number of carboxylic acid groups (broad SMARTS) is 3. The highest BCUT2D eigenvalue weighted by Crippen LogP contribution is 2.49. The Morgan fingerprint density at radius 2 is 0.784 bits per heavy atom. The second-order valence-corrected chi connectivity index (χ2v) is 18.2. The Morgan fingerprint density at radius 1 is 0.473 bits per heavy atom. The molecule has 440 valence electrons. The van der Waals surface area contributed by atoms with Crippen molar-refractivity contribution in [3.8, 4) is 0 Å². The highest BCUT2D eigenvalue weighted by molar-refractivity contribution is 5.82. The van der Waals surface area contributed by atoms with Crippen LogP contribution in [0.25, 0.3) is 0 Å². The minimum Gasteiger partial charge on any atom is -0.481 e. The van der Waals surface area contributed by atoms with Gasteiger partial charge in [-0.05, 0) is 32.1 Å². The first-order valence-corrected chi connectivity index (χ1v) is 23.7. The Kier molecular flexibility index (Phi) is 42.7. The first-order valence-electron chi connectivity index (χ1n) is 23.7. The Hall–Kier alpha value is -3.05. The number of aliphatic carboxylic acids is 3. The Balaban J connectivity index is -0.000000858. The highest BCUT2D eigenvalue weighted by atomic mass is 16.6. The summed E-state index contributed by atoms with van der Waals surface area (Å²) in [6, 6.07) is 0. The number of epoxide rings is 3. The molecule has 29 nitrogen and oxygen atoms in total. The van der Waals surface area contributed by atoms with E-state index < -0.39 is 182 Å². The van der Waals surface area contributed by atoms with Gasteiger partial charge in [-0.1, -0.05) is 0 Å². The number of rotatable bonds is 30. The summed E-state index contributed by atoms with van der Waals surface area (Å²) in [5.74, 6) is -9.77. The molecule has 3 aliphatic heterocycles. The second kappa shape index (κ2) is 42.0. The summed E-state index contributed by atoms with van der Waals surface area (Å²) in [7, 11) is 0. The Labute approximate surface area is 428 Å². The molecule has 1 saturated carbocycles. The lowest BCUT2D eigenvalue weighted by Crippen LogP contribution is -2.60. The molecule has 0 aromatic rings. The van der Waals surface area contributed by atoms with Crippen molar-refractivity contribution in [3.63, 3.8) is 0 Å². The van der Waals surface area contributed by atoms with E-state index in [-0.39, 0.29) is 31.9 Å². The van der Waals surface area contributed by atoms with Gasteiger partial charge in [0.25, 0.3) is 0 Å². The summed E-state index contributed by atoms with van der Waals surface area (Å²) in [4.78, 5) is 46.6. The minimum atomic E-state index is -1.65. The van der Waals surface area contributed by atoms with Crippen LogP contribution in [0.15, 0.2) is 0 Å². The lowest BCUT2D eigenvalue weighted by Gasteiger charge is -2.52. The number of carbonyl (C=O) groups is 3. The van der Waals surface area contributed by atoms with Crippen molar-refractivity contribution in [1.82, 2.24) is 0 Å². The van der Waals surface area contributed by atoms with E-state index in [0.717, 1.165) is 19.1 Å². The van der Waals surface area contributed by atoms with Crippen molar-refractivity contribution < 1.29 is 145 Å². The highest BCUT2D eigenvalue weighted by Gasteiger charge is 2.56. The fraction of sp³-hybridized carbons (Fsp3) is 0.911. The molecule has 0 aromatic carbocycles. The molecule has 0 aromatic heterocycles. The van der Waals surface area contributed by atoms with Gasteiger partial charge in [-0.25, -0.2) is 0 Å². The van der Waals surface area contributed by atoms with E-state index in [1.807, 2.05) is 0 Å². The minimum absolute atomic E-state index is 0.146. The molecule has 5 atom stereocenters. The summed E-state index contributed by atoms with van der Waals surface area (Å²) < 4.78 is 15.4. The summed E-state index contributed by atoms with van der Waals surface area (Å²) >= 11 is 0. The average molecular weight is 1090 g/mol. The van der Waals surface area contributed by atoms with Crippen molar-refractivity contribution in [2.24, 2.45) is 63.6 Å². The predicted octanol–water partition coefficient (Wildman–Crippen LogP) is -8.11. The molecule has 3 heterocycles. The van der Waals surface area contributed by atoms with Gasteiger partial charge in [0, 0.05) is 111 Å². The van der Waals surface area contributed by atoms with Gasteiger partial charge >= 0.3 is 24.1 Å². The summed E-state index contributed by atoms with van der Waals surface area (Å²) in [6.45, 7) is -5.42. The molecule has 4 fully saturated rings. The average Bonchev–Trinajstić information content (AvgIpc) is 4.27. The van der Waals surface area contributed by atoms with Crippen LogP contribution in [-0.2, 0) is 38.2 Å². The standard InChI is InChI=1S/C14H30O9.C9H20O6.C8H12O2.C6H8O6.C4H10O3.C3H6O.CO2/c15-1-10(2-16)13(6-20,7-21)12(5-19)14(8-22,9-23)11(3-17)4-18;10-1-7(2-11)9(5-14,6-15)8(3-12)4-13;1-2-6-7(10-6)3-5(1)8-4-9-8;7-4(8)1-3(6(11)12)2-5(9)10;5-1-4(2-6)3-7;1-3-2-4-3;2-1-3/h10-12,15-23H,1-9H2;7-8,10-15H,1-6H2;5-8H,1-4H2;3H,1-2H2,(H,7,8)(H,9,10)(H,11,12);4-7H,1-3H2;3H,2H2,1H3;. The van der Waals surface area contributed by atoms with Crippen LogP contribution >= 0.6 is 0 Å². The first-order chi connectivity index (χ1) is 35.2. The lowest BCUT2D eigenvalue weighted by molar-refractivity contribution is -0.191. The van der Waals surface area contributed by atoms with E-state index in [1.165, 1.54) is 19.3 Å². The predicted molar refractivity (Wildman–Crippen MR) is 248 cm³/mol. The number of hydrogen-bond acceptors (Lipinski definition) is 26. The SMILES string of the molecule is C1CC2OC2CC1C1CO1.CC1CO1.O=C(O)CC(CC(=O)O)C(=O)O.O=C=O.OCC(CO)C(CO)(CO)C(CO)C(CO)(CO)C(CO)CO.OCC(CO)C(CO)(CO)C(CO)CO.OCC(CO)CO. The van der Waals surface area contributed by atoms with Crippen LogP contribution in [0.3, 0.4) is 0 Å². The van der Waals surface area contributed by atoms with Crippen LogP contribution in [0.2, 0.25) is 0 Å². The zero-order chi connectivity index (χ0) is 57.7. The molecular formula is C45H86O29. The summed E-state index contributed by atoms with van der Waals surface area (Å²) in [5.41, 5.74) is -4.56. The molecule has 0 spiro atoms. The zero-order valence-electron chi connectivity index (χ0n) is 41.8. The van der Waals surface area contributed by atoms with Gasteiger partial charge in [-0.2, -0.15) is 9.59 Å². The summed E-state index contributed by atoms with van der Waals surface area (Å²) in [5, 5.41) is 191. The number of aliphatic hydroxyl groups excluding tert-OH is 18. The Morgan fingerprint density at radius 3 is 0.973 bits per heavy atom. The topological polar surface area (TPSA) is 548 Å². The monoisotopic (exact) mass is 1090 g/mol. The van der Waals surface area contributed by atoms with Gasteiger partial charge in [0.1, 0.15) is 0 Å². The molecule has 5 unspecified atom stereocenters. The normalized spacial score (nSPS) is 19.4. The number of fused-ring (bicyclic) bond motifs is 1.